The van der Waals surface area contributed by atoms with Crippen molar-refractivity contribution in [2.24, 2.45) is 0 Å². The highest BCUT2D eigenvalue weighted by molar-refractivity contribution is 5.42. The smallest absolute Gasteiger partial charge is 0.165 e. The van der Waals surface area contributed by atoms with Crippen molar-refractivity contribution in [1.82, 2.24) is 4.90 Å². The molecule has 0 radical (unpaired) electrons. The quantitative estimate of drug-likeness (QED) is 0.734. The number of benzene rings is 2. The van der Waals surface area contributed by atoms with Crippen LogP contribution < -0.4 is 14.2 Å². The second-order valence-corrected chi connectivity index (χ2v) is 5.46. The molecular weight excluding hydrogens is 309 g/mol. The van der Waals surface area contributed by atoms with Crippen molar-refractivity contribution in [2.45, 2.75) is 20.0 Å². The summed E-state index contributed by atoms with van der Waals surface area (Å²) in [6, 6.07) is 11.0. The Kier molecular flexibility index (Phi) is 6.44. The summed E-state index contributed by atoms with van der Waals surface area (Å²) in [5.74, 6) is 1.35. The Hall–Kier alpha value is -2.27. The zero-order valence-corrected chi connectivity index (χ0v) is 14.6. The normalized spacial score (nSPS) is 10.8. The lowest BCUT2D eigenvalue weighted by Gasteiger charge is -2.21. The Morgan fingerprint density at radius 3 is 1.83 bits per heavy atom. The van der Waals surface area contributed by atoms with Gasteiger partial charge in [0.25, 0.3) is 0 Å². The van der Waals surface area contributed by atoms with E-state index in [2.05, 4.69) is 11.8 Å². The number of rotatable bonds is 8. The summed E-state index contributed by atoms with van der Waals surface area (Å²) in [6.07, 6.45) is 0. The first-order valence-electron chi connectivity index (χ1n) is 7.87. The molecule has 0 amide bonds. The first-order chi connectivity index (χ1) is 11.6. The van der Waals surface area contributed by atoms with Crippen molar-refractivity contribution in [3.8, 4) is 17.2 Å². The van der Waals surface area contributed by atoms with Crippen LogP contribution in [0.15, 0.2) is 36.4 Å². The van der Waals surface area contributed by atoms with Crippen molar-refractivity contribution < 1.29 is 18.6 Å². The summed E-state index contributed by atoms with van der Waals surface area (Å²) in [7, 11) is 4.71. The van der Waals surface area contributed by atoms with E-state index in [-0.39, 0.29) is 11.6 Å². The molecule has 0 bridgehead atoms. The van der Waals surface area contributed by atoms with Gasteiger partial charge in [0.05, 0.1) is 21.3 Å². The average Bonchev–Trinajstić information content (AvgIpc) is 2.61. The van der Waals surface area contributed by atoms with E-state index in [9.17, 15) is 4.39 Å². The van der Waals surface area contributed by atoms with Crippen LogP contribution in [0.25, 0.3) is 0 Å². The fraction of sp³-hybridized carbons (Fsp3) is 0.368. The van der Waals surface area contributed by atoms with E-state index in [4.69, 9.17) is 14.2 Å². The largest absolute Gasteiger partial charge is 0.494 e. The zero-order valence-electron chi connectivity index (χ0n) is 14.6. The predicted octanol–water partition coefficient (Wildman–Crippen LogP) is 3.87. The fourth-order valence-corrected chi connectivity index (χ4v) is 2.58. The molecule has 130 valence electrons. The molecule has 0 aliphatic carbocycles. The van der Waals surface area contributed by atoms with Gasteiger partial charge < -0.3 is 14.2 Å². The molecular formula is C19H24FNO3. The molecule has 0 aromatic heterocycles. The van der Waals surface area contributed by atoms with Crippen molar-refractivity contribution in [2.75, 3.05) is 27.9 Å². The Morgan fingerprint density at radius 2 is 1.33 bits per heavy atom. The molecule has 0 unspecified atom stereocenters. The van der Waals surface area contributed by atoms with E-state index < -0.39 is 0 Å². The van der Waals surface area contributed by atoms with Gasteiger partial charge in [-0.15, -0.1) is 0 Å². The summed E-state index contributed by atoms with van der Waals surface area (Å²) in [5.41, 5.74) is 2.03. The number of methoxy groups -OCH3 is 3. The minimum absolute atomic E-state index is 0.265. The molecule has 0 N–H and O–H groups in total. The van der Waals surface area contributed by atoms with Gasteiger partial charge in [0.15, 0.2) is 23.1 Å². The van der Waals surface area contributed by atoms with Crippen LogP contribution in [0.1, 0.15) is 18.1 Å². The van der Waals surface area contributed by atoms with Crippen LogP contribution in [0, 0.1) is 5.82 Å². The van der Waals surface area contributed by atoms with Gasteiger partial charge in [-0.3, -0.25) is 4.90 Å². The molecule has 0 aliphatic rings. The average molecular weight is 333 g/mol. The van der Waals surface area contributed by atoms with Gasteiger partial charge in [0, 0.05) is 13.1 Å². The van der Waals surface area contributed by atoms with Gasteiger partial charge in [-0.2, -0.15) is 0 Å². The van der Waals surface area contributed by atoms with Crippen LogP contribution in [-0.2, 0) is 13.1 Å². The molecule has 0 heterocycles. The van der Waals surface area contributed by atoms with E-state index in [1.54, 1.807) is 20.3 Å². The second-order valence-electron chi connectivity index (χ2n) is 5.46. The first kappa shape index (κ1) is 18.1. The molecule has 2 aromatic carbocycles. The lowest BCUT2D eigenvalue weighted by molar-refractivity contribution is 0.270. The van der Waals surface area contributed by atoms with Gasteiger partial charge >= 0.3 is 0 Å². The van der Waals surface area contributed by atoms with E-state index in [0.29, 0.717) is 18.0 Å². The highest BCUT2D eigenvalue weighted by Gasteiger charge is 2.10. The Bertz CT molecular complexity index is 676. The molecule has 2 rings (SSSR count). The van der Waals surface area contributed by atoms with Gasteiger partial charge in [0.2, 0.25) is 0 Å². The first-order valence-corrected chi connectivity index (χ1v) is 7.87. The summed E-state index contributed by atoms with van der Waals surface area (Å²) in [5, 5.41) is 0. The predicted molar refractivity (Wildman–Crippen MR) is 92.3 cm³/mol. The van der Waals surface area contributed by atoms with E-state index in [0.717, 1.165) is 24.2 Å². The Morgan fingerprint density at radius 1 is 0.792 bits per heavy atom. The minimum atomic E-state index is -0.336. The van der Waals surface area contributed by atoms with Crippen molar-refractivity contribution in [3.63, 3.8) is 0 Å². The maximum atomic E-state index is 13.8. The van der Waals surface area contributed by atoms with E-state index >= 15 is 0 Å². The molecule has 2 aromatic rings. The summed E-state index contributed by atoms with van der Waals surface area (Å²) < 4.78 is 29.4. The van der Waals surface area contributed by atoms with Gasteiger partial charge in [-0.1, -0.05) is 19.1 Å². The third-order valence-electron chi connectivity index (χ3n) is 3.92. The molecule has 0 saturated carbocycles. The molecule has 0 atom stereocenters. The summed E-state index contributed by atoms with van der Waals surface area (Å²) >= 11 is 0. The fourth-order valence-electron chi connectivity index (χ4n) is 2.58. The molecule has 4 nitrogen and oxygen atoms in total. The van der Waals surface area contributed by atoms with Crippen LogP contribution in [0.3, 0.4) is 0 Å². The number of nitrogens with zero attached hydrogens (tertiary/aromatic N) is 1. The number of hydrogen-bond acceptors (Lipinski definition) is 4. The van der Waals surface area contributed by atoms with Crippen LogP contribution >= 0.6 is 0 Å². The summed E-state index contributed by atoms with van der Waals surface area (Å²) in [6.45, 7) is 4.33. The minimum Gasteiger partial charge on any atom is -0.494 e. The molecule has 0 aliphatic heterocycles. The zero-order chi connectivity index (χ0) is 17.5. The maximum Gasteiger partial charge on any atom is 0.165 e. The molecule has 0 spiro atoms. The van der Waals surface area contributed by atoms with Crippen LogP contribution in [-0.4, -0.2) is 32.8 Å². The SMILES string of the molecule is CCN(Cc1ccc(OC)c(F)c1)Cc1ccc(OC)c(OC)c1. The van der Waals surface area contributed by atoms with E-state index in [1.807, 2.05) is 24.3 Å². The van der Waals surface area contributed by atoms with Gasteiger partial charge in [0.1, 0.15) is 0 Å². The van der Waals surface area contributed by atoms with Gasteiger partial charge in [-0.25, -0.2) is 4.39 Å². The second kappa shape index (κ2) is 8.55. The number of hydrogen-bond donors (Lipinski definition) is 0. The highest BCUT2D eigenvalue weighted by atomic mass is 19.1. The molecule has 0 saturated heterocycles. The Balaban J connectivity index is 2.10. The highest BCUT2D eigenvalue weighted by Crippen LogP contribution is 2.28. The van der Waals surface area contributed by atoms with Crippen molar-refractivity contribution in [1.29, 1.82) is 0 Å². The third-order valence-corrected chi connectivity index (χ3v) is 3.92. The molecule has 0 fully saturated rings. The topological polar surface area (TPSA) is 30.9 Å². The van der Waals surface area contributed by atoms with Gasteiger partial charge in [-0.05, 0) is 41.9 Å². The Labute approximate surface area is 142 Å². The standard InChI is InChI=1S/C19H24FNO3/c1-5-21(12-14-6-8-17(22-2)16(20)10-14)13-15-7-9-18(23-3)19(11-15)24-4/h6-11H,5,12-13H2,1-4H3. The monoisotopic (exact) mass is 333 g/mol. The van der Waals surface area contributed by atoms with Crippen LogP contribution in [0.4, 0.5) is 4.39 Å². The number of ether oxygens (including phenoxy) is 3. The molecule has 24 heavy (non-hydrogen) atoms. The van der Waals surface area contributed by atoms with Crippen molar-refractivity contribution in [3.05, 3.63) is 53.3 Å². The maximum absolute atomic E-state index is 13.8. The molecule has 5 heteroatoms. The third kappa shape index (κ3) is 4.38. The van der Waals surface area contributed by atoms with E-state index in [1.165, 1.54) is 13.2 Å². The van der Waals surface area contributed by atoms with Crippen LogP contribution in [0.2, 0.25) is 0 Å². The summed E-state index contributed by atoms with van der Waals surface area (Å²) in [4.78, 5) is 2.22. The van der Waals surface area contributed by atoms with Crippen molar-refractivity contribution >= 4 is 0 Å². The van der Waals surface area contributed by atoms with Crippen LogP contribution in [0.5, 0.6) is 17.2 Å². The number of halogens is 1. The lowest BCUT2D eigenvalue weighted by Crippen LogP contribution is -2.22. The lowest BCUT2D eigenvalue weighted by atomic mass is 10.1.